The number of carbonyl (C=O) groups is 1. The van der Waals surface area contributed by atoms with Crippen LogP contribution in [0.5, 0.6) is 5.75 Å². The third-order valence-electron chi connectivity index (χ3n) is 5.61. The van der Waals surface area contributed by atoms with E-state index in [2.05, 4.69) is 17.0 Å². The summed E-state index contributed by atoms with van der Waals surface area (Å²) in [4.78, 5) is 15.1. The highest BCUT2D eigenvalue weighted by atomic mass is 16.5. The van der Waals surface area contributed by atoms with Gasteiger partial charge in [0.25, 0.3) is 0 Å². The lowest BCUT2D eigenvalue weighted by atomic mass is 9.77. The van der Waals surface area contributed by atoms with E-state index in [1.807, 2.05) is 55.6 Å². The van der Waals surface area contributed by atoms with E-state index in [9.17, 15) is 4.79 Å². The van der Waals surface area contributed by atoms with Crippen LogP contribution in [-0.4, -0.2) is 26.0 Å². The molecule has 4 N–H and O–H groups in total. The lowest BCUT2D eigenvalue weighted by molar-refractivity contribution is 0.0967. The van der Waals surface area contributed by atoms with E-state index in [1.54, 1.807) is 14.0 Å². The highest BCUT2D eigenvalue weighted by Crippen LogP contribution is 2.49. The Bertz CT molecular complexity index is 1090. The third kappa shape index (κ3) is 3.04. The van der Waals surface area contributed by atoms with Gasteiger partial charge in [0.1, 0.15) is 5.75 Å². The smallest absolute Gasteiger partial charge is 0.179 e. The average molecular weight is 387 g/mol. The van der Waals surface area contributed by atoms with Crippen LogP contribution in [0, 0.1) is 0 Å². The second kappa shape index (κ2) is 7.26. The number of rotatable bonds is 4. The summed E-state index contributed by atoms with van der Waals surface area (Å²) in [6, 6.07) is 19.3. The van der Waals surface area contributed by atoms with Crippen LogP contribution in [0.3, 0.4) is 0 Å². The van der Waals surface area contributed by atoms with Crippen molar-refractivity contribution in [1.82, 2.24) is 0 Å². The van der Waals surface area contributed by atoms with Crippen LogP contribution in [0.4, 0.5) is 17.1 Å². The molecule has 1 heterocycles. The number of nitrogen functional groups attached to an aromatic ring is 1. The van der Waals surface area contributed by atoms with E-state index in [0.29, 0.717) is 17.0 Å². The van der Waals surface area contributed by atoms with Crippen molar-refractivity contribution in [1.29, 1.82) is 0 Å². The quantitative estimate of drug-likeness (QED) is 0.521. The first-order chi connectivity index (χ1) is 13.9. The first-order valence-corrected chi connectivity index (χ1v) is 9.62. The van der Waals surface area contributed by atoms with Gasteiger partial charge in [0.05, 0.1) is 18.8 Å². The van der Waals surface area contributed by atoms with Gasteiger partial charge in [-0.25, -0.2) is 0 Å². The van der Waals surface area contributed by atoms with Gasteiger partial charge in [0.2, 0.25) is 0 Å². The number of nitrogens with zero attached hydrogens (tertiary/aromatic N) is 1. The van der Waals surface area contributed by atoms with Crippen LogP contribution >= 0.6 is 0 Å². The Morgan fingerprint density at radius 1 is 1.07 bits per heavy atom. The highest BCUT2D eigenvalue weighted by Gasteiger charge is 2.34. The van der Waals surface area contributed by atoms with Crippen LogP contribution in [0.25, 0.3) is 0 Å². The number of ketones is 1. The largest absolute Gasteiger partial charge is 0.495 e. The molecule has 2 unspecified atom stereocenters. The molecule has 0 saturated heterocycles. The normalized spacial score (nSPS) is 16.0. The Labute approximate surface area is 170 Å². The molecule has 0 aromatic heterocycles. The van der Waals surface area contributed by atoms with Crippen molar-refractivity contribution in [2.45, 2.75) is 18.9 Å². The van der Waals surface area contributed by atoms with Crippen molar-refractivity contribution in [3.63, 3.8) is 0 Å². The second-order valence-corrected chi connectivity index (χ2v) is 7.44. The molecule has 5 nitrogen and oxygen atoms in total. The fourth-order valence-electron chi connectivity index (χ4n) is 4.18. The topological polar surface area (TPSA) is 81.6 Å². The van der Waals surface area contributed by atoms with Crippen LogP contribution < -0.4 is 21.1 Å². The molecule has 0 fully saturated rings. The number of anilines is 3. The predicted molar refractivity (Wildman–Crippen MR) is 117 cm³/mol. The molecule has 3 aromatic rings. The molecule has 0 bridgehead atoms. The summed E-state index contributed by atoms with van der Waals surface area (Å²) < 4.78 is 5.47. The van der Waals surface area contributed by atoms with E-state index in [0.717, 1.165) is 28.1 Å². The molecule has 0 amide bonds. The third-order valence-corrected chi connectivity index (χ3v) is 5.61. The standard InChI is InChI=1S/C24H25N3O2/c1-14(25)24(28)17-8-6-10-20-23(17)22(15-11-12-18(26)21(13-15)29-3)16-7-4-5-9-19(16)27(20)2/h4-14,22H,25-26H2,1-3H3. The highest BCUT2D eigenvalue weighted by molar-refractivity contribution is 6.03. The maximum Gasteiger partial charge on any atom is 0.179 e. The zero-order valence-corrected chi connectivity index (χ0v) is 16.8. The molecule has 0 spiro atoms. The Hall–Kier alpha value is -3.31. The van der Waals surface area contributed by atoms with E-state index in [4.69, 9.17) is 16.2 Å². The molecule has 29 heavy (non-hydrogen) atoms. The van der Waals surface area contributed by atoms with Crippen molar-refractivity contribution in [2.24, 2.45) is 5.73 Å². The first kappa shape index (κ1) is 19.0. The van der Waals surface area contributed by atoms with Crippen molar-refractivity contribution < 1.29 is 9.53 Å². The van der Waals surface area contributed by atoms with Gasteiger partial charge < -0.3 is 21.1 Å². The maximum atomic E-state index is 13.0. The molecule has 148 valence electrons. The maximum absolute atomic E-state index is 13.0. The first-order valence-electron chi connectivity index (χ1n) is 9.62. The van der Waals surface area contributed by atoms with Crippen molar-refractivity contribution in [3.05, 3.63) is 82.9 Å². The van der Waals surface area contributed by atoms with E-state index in [-0.39, 0.29) is 11.7 Å². The molecular weight excluding hydrogens is 362 g/mol. The summed E-state index contributed by atoms with van der Waals surface area (Å²) in [7, 11) is 3.63. The molecule has 5 heteroatoms. The minimum Gasteiger partial charge on any atom is -0.495 e. The number of fused-ring (bicyclic) bond motifs is 2. The zero-order valence-electron chi connectivity index (χ0n) is 16.8. The Kier molecular flexibility index (Phi) is 4.76. The average Bonchev–Trinajstić information content (AvgIpc) is 2.74. The van der Waals surface area contributed by atoms with Gasteiger partial charge in [-0.3, -0.25) is 4.79 Å². The number of Topliss-reactive ketones (excluding diaryl/α,β-unsaturated/α-hetero) is 1. The second-order valence-electron chi connectivity index (χ2n) is 7.44. The molecule has 3 aromatic carbocycles. The van der Waals surface area contributed by atoms with Gasteiger partial charge in [-0.15, -0.1) is 0 Å². The fraction of sp³-hybridized carbons (Fsp3) is 0.208. The molecule has 1 aliphatic heterocycles. The Morgan fingerprint density at radius 3 is 2.52 bits per heavy atom. The van der Waals surface area contributed by atoms with Gasteiger partial charge in [-0.1, -0.05) is 36.4 Å². The van der Waals surface area contributed by atoms with Gasteiger partial charge in [-0.2, -0.15) is 0 Å². The number of benzene rings is 3. The number of hydrogen-bond acceptors (Lipinski definition) is 5. The van der Waals surface area contributed by atoms with Crippen molar-refractivity contribution in [2.75, 3.05) is 24.8 Å². The van der Waals surface area contributed by atoms with E-state index >= 15 is 0 Å². The minimum absolute atomic E-state index is 0.0676. The van der Waals surface area contributed by atoms with Crippen LogP contribution in [0.15, 0.2) is 60.7 Å². The van der Waals surface area contributed by atoms with Crippen LogP contribution in [0.1, 0.15) is 39.9 Å². The summed E-state index contributed by atoms with van der Waals surface area (Å²) in [5, 5.41) is 0. The molecule has 1 aliphatic rings. The van der Waals surface area contributed by atoms with Gasteiger partial charge in [0, 0.05) is 29.9 Å². The Balaban J connectivity index is 2.04. The monoisotopic (exact) mass is 387 g/mol. The molecule has 0 saturated carbocycles. The number of para-hydroxylation sites is 1. The van der Waals surface area contributed by atoms with Crippen molar-refractivity contribution >= 4 is 22.8 Å². The molecule has 0 radical (unpaired) electrons. The predicted octanol–water partition coefficient (Wildman–Crippen LogP) is 4.07. The zero-order chi connectivity index (χ0) is 20.7. The van der Waals surface area contributed by atoms with Crippen molar-refractivity contribution in [3.8, 4) is 5.75 Å². The SMILES string of the molecule is COc1cc(C2c3ccccc3N(C)c3cccc(C(=O)C(C)N)c32)ccc1N. The summed E-state index contributed by atoms with van der Waals surface area (Å²) in [5.74, 6) is 0.421. The van der Waals surface area contributed by atoms with Gasteiger partial charge >= 0.3 is 0 Å². The number of hydrogen-bond donors (Lipinski definition) is 2. The summed E-state index contributed by atoms with van der Waals surface area (Å²) in [5.41, 5.74) is 18.5. The number of nitrogens with two attached hydrogens (primary N) is 2. The molecular formula is C24H25N3O2. The van der Waals surface area contributed by atoms with Gasteiger partial charge in [-0.05, 0) is 47.9 Å². The fourth-order valence-corrected chi connectivity index (χ4v) is 4.18. The number of ether oxygens (including phenoxy) is 1. The Morgan fingerprint density at radius 2 is 1.79 bits per heavy atom. The minimum atomic E-state index is -0.578. The molecule has 2 atom stereocenters. The van der Waals surface area contributed by atoms with Crippen LogP contribution in [0.2, 0.25) is 0 Å². The molecule has 4 rings (SSSR count). The number of methoxy groups -OCH3 is 1. The summed E-state index contributed by atoms with van der Waals surface area (Å²) in [6.45, 7) is 1.73. The van der Waals surface area contributed by atoms with Crippen LogP contribution in [-0.2, 0) is 0 Å². The summed E-state index contributed by atoms with van der Waals surface area (Å²) in [6.07, 6.45) is 0. The lowest BCUT2D eigenvalue weighted by Crippen LogP contribution is -2.30. The van der Waals surface area contributed by atoms with Gasteiger partial charge in [0.15, 0.2) is 5.78 Å². The summed E-state index contributed by atoms with van der Waals surface area (Å²) >= 11 is 0. The number of carbonyl (C=O) groups excluding carboxylic acids is 1. The van der Waals surface area contributed by atoms with E-state index in [1.165, 1.54) is 0 Å². The lowest BCUT2D eigenvalue weighted by Gasteiger charge is -2.37. The molecule has 0 aliphatic carbocycles. The van der Waals surface area contributed by atoms with E-state index < -0.39 is 6.04 Å².